The van der Waals surface area contributed by atoms with Crippen LogP contribution in [0.1, 0.15) is 42.6 Å². The Morgan fingerprint density at radius 3 is 2.58 bits per heavy atom. The first-order valence-corrected chi connectivity index (χ1v) is 7.76. The summed E-state index contributed by atoms with van der Waals surface area (Å²) >= 11 is 10.2. The Hall–Kier alpha value is -0.410. The number of ether oxygens (including phenoxy) is 2. The summed E-state index contributed by atoms with van der Waals surface area (Å²) in [4.78, 5) is 0.238. The van der Waals surface area contributed by atoms with Crippen LogP contribution in [0, 0.1) is 5.41 Å². The van der Waals surface area contributed by atoms with Gasteiger partial charge in [-0.2, -0.15) is 0 Å². The van der Waals surface area contributed by atoms with Crippen molar-refractivity contribution in [3.05, 3.63) is 22.2 Å². The molecule has 19 heavy (non-hydrogen) atoms. The molecule has 1 aromatic rings. The third-order valence-corrected chi connectivity index (χ3v) is 4.98. The highest BCUT2D eigenvalue weighted by Gasteiger charge is 2.32. The van der Waals surface area contributed by atoms with Crippen molar-refractivity contribution in [2.75, 3.05) is 14.2 Å². The van der Waals surface area contributed by atoms with Crippen molar-refractivity contribution in [1.29, 1.82) is 0 Å². The molecule has 0 aromatic heterocycles. The zero-order chi connectivity index (χ0) is 14.2. The first kappa shape index (κ1) is 15.0. The van der Waals surface area contributed by atoms with E-state index in [-0.39, 0.29) is 10.2 Å². The highest BCUT2D eigenvalue weighted by Crippen LogP contribution is 2.51. The van der Waals surface area contributed by atoms with Gasteiger partial charge < -0.3 is 9.47 Å². The lowest BCUT2D eigenvalue weighted by Gasteiger charge is -2.24. The minimum Gasteiger partial charge on any atom is -0.493 e. The van der Waals surface area contributed by atoms with E-state index < -0.39 is 0 Å². The van der Waals surface area contributed by atoms with Crippen LogP contribution < -0.4 is 9.47 Å². The molecule has 1 unspecified atom stereocenters. The number of fused-ring (bicyclic) bond motifs is 1. The third-order valence-electron chi connectivity index (χ3n) is 3.86. The van der Waals surface area contributed by atoms with E-state index in [0.717, 1.165) is 35.6 Å². The van der Waals surface area contributed by atoms with Crippen molar-refractivity contribution >= 4 is 27.5 Å². The maximum absolute atomic E-state index is 6.43. The summed E-state index contributed by atoms with van der Waals surface area (Å²) in [6, 6.07) is 1.86. The van der Waals surface area contributed by atoms with Crippen LogP contribution in [0.2, 0.25) is 5.02 Å². The van der Waals surface area contributed by atoms with Gasteiger partial charge in [-0.05, 0) is 30.2 Å². The van der Waals surface area contributed by atoms with Gasteiger partial charge in [0.2, 0.25) is 0 Å². The van der Waals surface area contributed by atoms with E-state index in [9.17, 15) is 0 Å². The molecule has 1 atom stereocenters. The molecule has 0 aliphatic heterocycles. The summed E-state index contributed by atoms with van der Waals surface area (Å²) in [5.41, 5.74) is 2.62. The molecule has 0 bridgehead atoms. The van der Waals surface area contributed by atoms with E-state index >= 15 is 0 Å². The molecule has 4 heteroatoms. The van der Waals surface area contributed by atoms with Gasteiger partial charge in [0.05, 0.1) is 14.2 Å². The van der Waals surface area contributed by atoms with Crippen LogP contribution >= 0.6 is 27.5 Å². The highest BCUT2D eigenvalue weighted by atomic mass is 79.9. The molecule has 0 radical (unpaired) electrons. The number of halogens is 2. The second-order valence-electron chi connectivity index (χ2n) is 5.82. The lowest BCUT2D eigenvalue weighted by Crippen LogP contribution is -2.11. The standard InChI is InChI=1S/C15H20BrClO2/c1-15(2)6-5-9-11(17)7-12(18-3)14(19-4)13(9)10(16)8-15/h7,10H,5-6,8H2,1-4H3. The fraction of sp³-hybridized carbons (Fsp3) is 0.600. The van der Waals surface area contributed by atoms with Crippen molar-refractivity contribution < 1.29 is 9.47 Å². The largest absolute Gasteiger partial charge is 0.493 e. The molecule has 0 amide bonds. The predicted molar refractivity (Wildman–Crippen MR) is 82.9 cm³/mol. The summed E-state index contributed by atoms with van der Waals surface area (Å²) < 4.78 is 11.0. The molecule has 2 rings (SSSR count). The summed E-state index contributed by atoms with van der Waals surface area (Å²) in [5.74, 6) is 1.51. The Morgan fingerprint density at radius 1 is 1.32 bits per heavy atom. The van der Waals surface area contributed by atoms with Crippen LogP contribution in [-0.4, -0.2) is 14.2 Å². The predicted octanol–water partition coefficient (Wildman–Crippen LogP) is 5.16. The normalized spacial score (nSPS) is 21.5. The Bertz CT molecular complexity index is 486. The van der Waals surface area contributed by atoms with Crippen LogP contribution in [0.15, 0.2) is 6.07 Å². The van der Waals surface area contributed by atoms with Gasteiger partial charge in [0.15, 0.2) is 11.5 Å². The number of hydrogen-bond acceptors (Lipinski definition) is 2. The zero-order valence-electron chi connectivity index (χ0n) is 11.8. The Labute approximate surface area is 128 Å². The fourth-order valence-electron chi connectivity index (χ4n) is 2.77. The second kappa shape index (κ2) is 5.53. The fourth-order valence-corrected chi connectivity index (χ4v) is 4.42. The van der Waals surface area contributed by atoms with Crippen molar-refractivity contribution in [3.63, 3.8) is 0 Å². The maximum Gasteiger partial charge on any atom is 0.165 e. The molecule has 0 heterocycles. The smallest absolute Gasteiger partial charge is 0.165 e. The van der Waals surface area contributed by atoms with Gasteiger partial charge in [0.25, 0.3) is 0 Å². The van der Waals surface area contributed by atoms with E-state index in [2.05, 4.69) is 29.8 Å². The van der Waals surface area contributed by atoms with E-state index in [4.69, 9.17) is 21.1 Å². The molecule has 106 valence electrons. The first-order valence-electron chi connectivity index (χ1n) is 6.47. The molecule has 1 aromatic carbocycles. The highest BCUT2D eigenvalue weighted by molar-refractivity contribution is 9.09. The van der Waals surface area contributed by atoms with Crippen LogP contribution in [0.4, 0.5) is 0 Å². The Morgan fingerprint density at radius 2 is 2.00 bits per heavy atom. The monoisotopic (exact) mass is 346 g/mol. The quantitative estimate of drug-likeness (QED) is 0.543. The van der Waals surface area contributed by atoms with E-state index in [1.54, 1.807) is 14.2 Å². The van der Waals surface area contributed by atoms with E-state index in [1.165, 1.54) is 5.56 Å². The third kappa shape index (κ3) is 2.87. The minimum atomic E-state index is 0.238. The molecular weight excluding hydrogens is 328 g/mol. The summed E-state index contributed by atoms with van der Waals surface area (Å²) in [5, 5.41) is 0.773. The van der Waals surface area contributed by atoms with E-state index in [1.807, 2.05) is 6.07 Å². The number of alkyl halides is 1. The van der Waals surface area contributed by atoms with Gasteiger partial charge in [-0.25, -0.2) is 0 Å². The first-order chi connectivity index (χ1) is 8.89. The lowest BCUT2D eigenvalue weighted by molar-refractivity contribution is 0.314. The lowest BCUT2D eigenvalue weighted by atomic mass is 9.84. The second-order valence-corrected chi connectivity index (χ2v) is 7.33. The molecule has 0 saturated carbocycles. The van der Waals surface area contributed by atoms with Crippen LogP contribution in [-0.2, 0) is 6.42 Å². The number of hydrogen-bond donors (Lipinski definition) is 0. The molecule has 1 aliphatic carbocycles. The average molecular weight is 348 g/mol. The maximum atomic E-state index is 6.43. The van der Waals surface area contributed by atoms with Gasteiger partial charge in [-0.1, -0.05) is 41.4 Å². The van der Waals surface area contributed by atoms with Gasteiger partial charge in [-0.3, -0.25) is 0 Å². The van der Waals surface area contributed by atoms with Crippen molar-refractivity contribution in [2.45, 2.75) is 37.9 Å². The van der Waals surface area contributed by atoms with Crippen LogP contribution in [0.25, 0.3) is 0 Å². The summed E-state index contributed by atoms with van der Waals surface area (Å²) in [6.07, 6.45) is 3.15. The van der Waals surface area contributed by atoms with Crippen molar-refractivity contribution in [3.8, 4) is 11.5 Å². The van der Waals surface area contributed by atoms with Crippen molar-refractivity contribution in [1.82, 2.24) is 0 Å². The molecule has 0 fully saturated rings. The van der Waals surface area contributed by atoms with Gasteiger partial charge in [0.1, 0.15) is 0 Å². The minimum absolute atomic E-state index is 0.238. The SMILES string of the molecule is COc1cc(Cl)c2c(c1OC)C(Br)CC(C)(C)CC2. The number of rotatable bonds is 2. The zero-order valence-corrected chi connectivity index (χ0v) is 14.2. The Kier molecular flexibility index (Phi) is 4.36. The van der Waals surface area contributed by atoms with Crippen molar-refractivity contribution in [2.24, 2.45) is 5.41 Å². The number of benzene rings is 1. The van der Waals surface area contributed by atoms with Crippen LogP contribution in [0.5, 0.6) is 11.5 Å². The molecule has 0 saturated heterocycles. The summed E-state index contributed by atoms with van der Waals surface area (Å²) in [7, 11) is 3.33. The van der Waals surface area contributed by atoms with Gasteiger partial charge in [-0.15, -0.1) is 0 Å². The topological polar surface area (TPSA) is 18.5 Å². The molecular formula is C15H20BrClO2. The Balaban J connectivity index is 2.62. The van der Waals surface area contributed by atoms with Gasteiger partial charge in [0, 0.05) is 21.5 Å². The average Bonchev–Trinajstić information content (AvgIpc) is 2.46. The molecule has 2 nitrogen and oxygen atoms in total. The molecule has 0 spiro atoms. The number of methoxy groups -OCH3 is 2. The van der Waals surface area contributed by atoms with Gasteiger partial charge >= 0.3 is 0 Å². The molecule has 1 aliphatic rings. The summed E-state index contributed by atoms with van der Waals surface area (Å²) in [6.45, 7) is 4.59. The van der Waals surface area contributed by atoms with E-state index in [0.29, 0.717) is 5.75 Å². The van der Waals surface area contributed by atoms with Crippen LogP contribution in [0.3, 0.4) is 0 Å². The molecule has 0 N–H and O–H groups in total.